The van der Waals surface area contributed by atoms with Crippen LogP contribution in [0, 0.1) is 0 Å². The lowest BCUT2D eigenvalue weighted by Crippen LogP contribution is -2.25. The van der Waals surface area contributed by atoms with Gasteiger partial charge in [-0.1, -0.05) is 36.5 Å². The summed E-state index contributed by atoms with van der Waals surface area (Å²) in [6.07, 6.45) is -2.75. The van der Waals surface area contributed by atoms with Crippen LogP contribution < -0.4 is 11.1 Å². The zero-order chi connectivity index (χ0) is 24.8. The molecule has 3 N–H and O–H groups in total. The number of nitrogens with two attached hydrogens (primary N) is 1. The highest BCUT2D eigenvalue weighted by Crippen LogP contribution is 2.37. The van der Waals surface area contributed by atoms with Gasteiger partial charge >= 0.3 is 6.18 Å². The van der Waals surface area contributed by atoms with Gasteiger partial charge in [0.2, 0.25) is 0 Å². The van der Waals surface area contributed by atoms with Crippen molar-refractivity contribution in [3.63, 3.8) is 0 Å². The Labute approximate surface area is 201 Å². The maximum absolute atomic E-state index is 13.7. The van der Waals surface area contributed by atoms with E-state index in [1.165, 1.54) is 31.2 Å². The largest absolute Gasteiger partial charge is 0.416 e. The first-order valence-electron chi connectivity index (χ1n) is 10.3. The van der Waals surface area contributed by atoms with Gasteiger partial charge in [0.15, 0.2) is 9.84 Å². The van der Waals surface area contributed by atoms with Crippen LogP contribution in [0.5, 0.6) is 0 Å². The number of alkyl halides is 3. The number of hydrogen-bond acceptors (Lipinski definition) is 4. The van der Waals surface area contributed by atoms with Gasteiger partial charge in [-0.2, -0.15) is 13.2 Å². The first-order valence-corrected chi connectivity index (χ1v) is 12.7. The predicted octanol–water partition coefficient (Wildman–Crippen LogP) is 5.41. The number of rotatable bonds is 10. The number of benzene rings is 2. The first kappa shape index (κ1) is 27.4. The average molecular weight is 525 g/mol. The molecule has 0 atom stereocenters. The van der Waals surface area contributed by atoms with E-state index < -0.39 is 27.5 Å². The molecule has 0 spiro atoms. The number of unbranched alkanes of at least 4 members (excludes halogenated alkanes) is 2. The van der Waals surface area contributed by atoms with Crippen LogP contribution in [0.1, 0.15) is 53.2 Å². The number of nitrogens with one attached hydrogen (secondary N) is 1. The van der Waals surface area contributed by atoms with Gasteiger partial charge in [-0.25, -0.2) is 8.42 Å². The van der Waals surface area contributed by atoms with Crippen LogP contribution in [0.15, 0.2) is 35.2 Å². The van der Waals surface area contributed by atoms with Gasteiger partial charge < -0.3 is 11.1 Å². The molecule has 0 unspecified atom stereocenters. The number of carbonyl (C=O) groups is 1. The van der Waals surface area contributed by atoms with Crippen molar-refractivity contribution in [3.8, 4) is 0 Å². The molecular formula is C22H25Cl2F3N2O3S. The molecule has 11 heteroatoms. The van der Waals surface area contributed by atoms with Crippen molar-refractivity contribution in [2.75, 3.05) is 12.3 Å². The summed E-state index contributed by atoms with van der Waals surface area (Å²) in [5, 5.41) is 2.57. The zero-order valence-electron chi connectivity index (χ0n) is 17.9. The van der Waals surface area contributed by atoms with E-state index in [0.29, 0.717) is 25.8 Å². The summed E-state index contributed by atoms with van der Waals surface area (Å²) in [6, 6.07) is 6.09. The molecule has 2 aromatic rings. The van der Waals surface area contributed by atoms with Gasteiger partial charge in [0, 0.05) is 22.2 Å². The lowest BCUT2D eigenvalue weighted by atomic mass is 9.97. The Bertz CT molecular complexity index is 1110. The lowest BCUT2D eigenvalue weighted by Gasteiger charge is -2.17. The number of amides is 1. The Morgan fingerprint density at radius 2 is 1.79 bits per heavy atom. The summed E-state index contributed by atoms with van der Waals surface area (Å²) in [7, 11) is -3.60. The van der Waals surface area contributed by atoms with E-state index >= 15 is 0 Å². The minimum absolute atomic E-state index is 0.00320. The molecule has 0 saturated heterocycles. The van der Waals surface area contributed by atoms with Crippen LogP contribution in [0.3, 0.4) is 0 Å². The van der Waals surface area contributed by atoms with Crippen molar-refractivity contribution in [2.45, 2.75) is 50.2 Å². The minimum Gasteiger partial charge on any atom is -0.348 e. The maximum Gasteiger partial charge on any atom is 0.416 e. The number of halogens is 5. The molecule has 5 nitrogen and oxygen atoms in total. The molecule has 0 aromatic heterocycles. The van der Waals surface area contributed by atoms with Crippen LogP contribution in [0.2, 0.25) is 10.0 Å². The molecule has 1 amide bonds. The van der Waals surface area contributed by atoms with Crippen LogP contribution in [-0.4, -0.2) is 26.6 Å². The molecule has 0 radical (unpaired) electrons. The minimum atomic E-state index is -4.70. The van der Waals surface area contributed by atoms with E-state index in [9.17, 15) is 26.4 Å². The van der Waals surface area contributed by atoms with Gasteiger partial charge in [-0.05, 0) is 67.3 Å². The fourth-order valence-electron chi connectivity index (χ4n) is 3.32. The molecule has 0 aliphatic rings. The fourth-order valence-corrected chi connectivity index (χ4v) is 4.95. The van der Waals surface area contributed by atoms with E-state index in [1.807, 2.05) is 0 Å². The zero-order valence-corrected chi connectivity index (χ0v) is 20.3. The third-order valence-electron chi connectivity index (χ3n) is 5.07. The Morgan fingerprint density at radius 1 is 1.09 bits per heavy atom. The second-order valence-electron chi connectivity index (χ2n) is 7.42. The summed E-state index contributed by atoms with van der Waals surface area (Å²) in [4.78, 5) is 12.6. The van der Waals surface area contributed by atoms with E-state index in [0.717, 1.165) is 6.07 Å². The monoisotopic (exact) mass is 524 g/mol. The van der Waals surface area contributed by atoms with Crippen LogP contribution >= 0.6 is 23.2 Å². The third-order valence-corrected chi connectivity index (χ3v) is 7.47. The lowest BCUT2D eigenvalue weighted by molar-refractivity contribution is -0.138. The molecule has 0 fully saturated rings. The smallest absolute Gasteiger partial charge is 0.348 e. The number of carbonyl (C=O) groups excluding carboxylic acids is 1. The second-order valence-corrected chi connectivity index (χ2v) is 10.5. The fraction of sp³-hybridized carbons (Fsp3) is 0.409. The molecule has 0 aliphatic carbocycles. The van der Waals surface area contributed by atoms with Gasteiger partial charge in [-0.15, -0.1) is 0 Å². The highest BCUT2D eigenvalue weighted by Gasteiger charge is 2.35. The Morgan fingerprint density at radius 3 is 2.39 bits per heavy atom. The molecule has 0 bridgehead atoms. The van der Waals surface area contributed by atoms with Crippen LogP contribution in [0.25, 0.3) is 0 Å². The van der Waals surface area contributed by atoms with Gasteiger partial charge in [0.25, 0.3) is 5.91 Å². The van der Waals surface area contributed by atoms with E-state index in [-0.39, 0.29) is 50.3 Å². The topological polar surface area (TPSA) is 89.3 Å². The summed E-state index contributed by atoms with van der Waals surface area (Å²) in [5.41, 5.74) is 4.34. The first-order chi connectivity index (χ1) is 15.4. The molecular weight excluding hydrogens is 500 g/mol. The summed E-state index contributed by atoms with van der Waals surface area (Å²) >= 11 is 12.1. The molecule has 0 aliphatic heterocycles. The van der Waals surface area contributed by atoms with E-state index in [2.05, 4.69) is 5.32 Å². The predicted molar refractivity (Wildman–Crippen MR) is 123 cm³/mol. The molecule has 0 saturated carbocycles. The second kappa shape index (κ2) is 11.6. The van der Waals surface area contributed by atoms with Gasteiger partial charge in [0.05, 0.1) is 16.2 Å². The molecule has 0 heterocycles. The van der Waals surface area contributed by atoms with Gasteiger partial charge in [0.1, 0.15) is 0 Å². The van der Waals surface area contributed by atoms with Crippen molar-refractivity contribution >= 4 is 38.9 Å². The summed E-state index contributed by atoms with van der Waals surface area (Å²) in [5.74, 6) is -0.982. The van der Waals surface area contributed by atoms with Crippen molar-refractivity contribution in [1.29, 1.82) is 0 Å². The SMILES string of the molecule is CCS(=O)(=O)c1ccc(Cl)cc1CNC(=O)c1cc(Cl)c(CCCCCN)c(C(F)(F)F)c1. The van der Waals surface area contributed by atoms with E-state index in [4.69, 9.17) is 28.9 Å². The molecule has 2 rings (SSSR count). The van der Waals surface area contributed by atoms with Crippen LogP contribution in [0.4, 0.5) is 13.2 Å². The van der Waals surface area contributed by atoms with Crippen molar-refractivity contribution in [2.24, 2.45) is 5.73 Å². The highest BCUT2D eigenvalue weighted by molar-refractivity contribution is 7.91. The highest BCUT2D eigenvalue weighted by atomic mass is 35.5. The number of sulfone groups is 1. The number of hydrogen-bond donors (Lipinski definition) is 2. The maximum atomic E-state index is 13.7. The Balaban J connectivity index is 2.31. The Hall–Kier alpha value is -1.81. The summed E-state index contributed by atoms with van der Waals surface area (Å²) in [6.45, 7) is 1.69. The van der Waals surface area contributed by atoms with Crippen LogP contribution in [-0.2, 0) is 29.0 Å². The average Bonchev–Trinajstić information content (AvgIpc) is 2.74. The van der Waals surface area contributed by atoms with Crippen molar-refractivity contribution in [1.82, 2.24) is 5.32 Å². The Kier molecular flexibility index (Phi) is 9.60. The third kappa shape index (κ3) is 7.34. The summed E-state index contributed by atoms with van der Waals surface area (Å²) < 4.78 is 65.6. The standard InChI is InChI=1S/C22H25Cl2F3N2O3S/c1-2-33(31,32)20-8-7-16(23)10-15(20)13-29-21(30)14-11-18(22(25,26)27)17(19(24)12-14)6-4-3-5-9-28/h7-8,10-12H,2-6,9,13,28H2,1H3,(H,29,30). The van der Waals surface area contributed by atoms with Crippen molar-refractivity contribution < 1.29 is 26.4 Å². The molecule has 182 valence electrons. The molecule has 2 aromatic carbocycles. The quantitative estimate of drug-likeness (QED) is 0.406. The molecule has 33 heavy (non-hydrogen) atoms. The normalized spacial score (nSPS) is 12.1. The van der Waals surface area contributed by atoms with E-state index in [1.54, 1.807) is 0 Å². The van der Waals surface area contributed by atoms with Gasteiger partial charge in [-0.3, -0.25) is 4.79 Å². The van der Waals surface area contributed by atoms with Crippen molar-refractivity contribution in [3.05, 3.63) is 62.6 Å².